The zero-order chi connectivity index (χ0) is 11.5. The number of aryl methyl sites for hydroxylation is 1. The molecule has 1 aromatic carbocycles. The van der Waals surface area contributed by atoms with Crippen LogP contribution in [0.2, 0.25) is 0 Å². The molecule has 2 heteroatoms. The van der Waals surface area contributed by atoms with Crippen molar-refractivity contribution in [2.75, 3.05) is 7.11 Å². The van der Waals surface area contributed by atoms with Gasteiger partial charge in [-0.3, -0.25) is 0 Å². The smallest absolute Gasteiger partial charge is 0.0861 e. The van der Waals surface area contributed by atoms with Crippen LogP contribution in [0.5, 0.6) is 0 Å². The second kappa shape index (κ2) is 4.98. The Labute approximate surface area is 97.3 Å². The molecule has 0 bridgehead atoms. The van der Waals surface area contributed by atoms with Crippen molar-refractivity contribution in [1.29, 1.82) is 0 Å². The van der Waals surface area contributed by atoms with Gasteiger partial charge in [-0.15, -0.1) is 0 Å². The van der Waals surface area contributed by atoms with Crippen molar-refractivity contribution in [1.82, 2.24) is 0 Å². The molecular weight excluding hydrogens is 200 g/mol. The lowest BCUT2D eigenvalue weighted by molar-refractivity contribution is -0.0237. The van der Waals surface area contributed by atoms with Crippen LogP contribution in [0.1, 0.15) is 24.0 Å². The molecule has 0 aromatic heterocycles. The Kier molecular flexibility index (Phi) is 3.62. The number of aliphatic hydroxyl groups excluding tert-OH is 1. The molecule has 0 radical (unpaired) electrons. The fourth-order valence-corrected chi connectivity index (χ4v) is 2.17. The van der Waals surface area contributed by atoms with Crippen LogP contribution in [0.3, 0.4) is 0 Å². The minimum absolute atomic E-state index is 0.0151. The predicted octanol–water partition coefficient (Wildman–Crippen LogP) is 2.32. The first kappa shape index (κ1) is 11.6. The van der Waals surface area contributed by atoms with Crippen LogP contribution in [0.4, 0.5) is 0 Å². The maximum Gasteiger partial charge on any atom is 0.0861 e. The molecule has 1 aliphatic carbocycles. The Morgan fingerprint density at radius 3 is 2.44 bits per heavy atom. The molecule has 2 atom stereocenters. The molecule has 88 valence electrons. The summed E-state index contributed by atoms with van der Waals surface area (Å²) in [5, 5.41) is 10.1. The van der Waals surface area contributed by atoms with E-state index in [1.54, 1.807) is 7.11 Å². The van der Waals surface area contributed by atoms with Gasteiger partial charge in [0.05, 0.1) is 12.2 Å². The van der Waals surface area contributed by atoms with E-state index >= 15 is 0 Å². The summed E-state index contributed by atoms with van der Waals surface area (Å²) >= 11 is 0. The molecule has 2 rings (SSSR count). The van der Waals surface area contributed by atoms with Gasteiger partial charge in [-0.25, -0.2) is 0 Å². The topological polar surface area (TPSA) is 29.5 Å². The van der Waals surface area contributed by atoms with Gasteiger partial charge in [0.25, 0.3) is 0 Å². The van der Waals surface area contributed by atoms with E-state index in [-0.39, 0.29) is 12.2 Å². The first-order chi connectivity index (χ1) is 7.70. The van der Waals surface area contributed by atoms with Crippen LogP contribution < -0.4 is 0 Å². The van der Waals surface area contributed by atoms with E-state index in [1.165, 1.54) is 24.0 Å². The predicted molar refractivity (Wildman–Crippen MR) is 64.4 cm³/mol. The van der Waals surface area contributed by atoms with Gasteiger partial charge in [0.2, 0.25) is 0 Å². The molecule has 0 aliphatic heterocycles. The summed E-state index contributed by atoms with van der Waals surface area (Å²) in [6.07, 6.45) is 2.73. The molecule has 1 fully saturated rings. The Morgan fingerprint density at radius 2 is 1.94 bits per heavy atom. The van der Waals surface area contributed by atoms with Gasteiger partial charge < -0.3 is 9.84 Å². The zero-order valence-electron chi connectivity index (χ0n) is 10.0. The van der Waals surface area contributed by atoms with Crippen molar-refractivity contribution in [2.24, 2.45) is 5.92 Å². The molecule has 2 nitrogen and oxygen atoms in total. The molecule has 0 saturated heterocycles. The van der Waals surface area contributed by atoms with Gasteiger partial charge in [0.15, 0.2) is 0 Å². The number of hydrogen-bond acceptors (Lipinski definition) is 2. The second-order valence-electron chi connectivity index (χ2n) is 4.79. The highest BCUT2D eigenvalue weighted by molar-refractivity contribution is 5.22. The quantitative estimate of drug-likeness (QED) is 0.825. The molecule has 16 heavy (non-hydrogen) atoms. The molecule has 1 aromatic rings. The Morgan fingerprint density at radius 1 is 1.31 bits per heavy atom. The maximum atomic E-state index is 10.1. The molecular formula is C14H20O2. The van der Waals surface area contributed by atoms with E-state index in [0.29, 0.717) is 12.3 Å². The fraction of sp³-hybridized carbons (Fsp3) is 0.571. The lowest BCUT2D eigenvalue weighted by Gasteiger charge is -2.21. The van der Waals surface area contributed by atoms with Crippen molar-refractivity contribution >= 4 is 0 Å². The van der Waals surface area contributed by atoms with Crippen molar-refractivity contribution in [2.45, 2.75) is 38.4 Å². The van der Waals surface area contributed by atoms with E-state index in [0.717, 1.165) is 0 Å². The molecule has 0 heterocycles. The zero-order valence-corrected chi connectivity index (χ0v) is 10.0. The summed E-state index contributed by atoms with van der Waals surface area (Å²) < 4.78 is 5.38. The van der Waals surface area contributed by atoms with Crippen molar-refractivity contribution in [3.63, 3.8) is 0 Å². The van der Waals surface area contributed by atoms with Gasteiger partial charge in [-0.2, -0.15) is 0 Å². The Balaban J connectivity index is 1.94. The molecule has 1 N–H and O–H groups in total. The lowest BCUT2D eigenvalue weighted by Crippen LogP contribution is -2.31. The number of aliphatic hydroxyl groups is 1. The molecule has 2 unspecified atom stereocenters. The standard InChI is InChI=1S/C14H20O2/c1-10-3-5-11(6-4-10)9-13(15)14(16-2)12-7-8-12/h3-6,12-15H,7-9H2,1-2H3. The van der Waals surface area contributed by atoms with E-state index < -0.39 is 0 Å². The van der Waals surface area contributed by atoms with Gasteiger partial charge in [-0.1, -0.05) is 29.8 Å². The lowest BCUT2D eigenvalue weighted by atomic mass is 10.0. The summed E-state index contributed by atoms with van der Waals surface area (Å²) in [7, 11) is 1.70. The normalized spacial score (nSPS) is 19.4. The van der Waals surface area contributed by atoms with E-state index in [9.17, 15) is 5.11 Å². The maximum absolute atomic E-state index is 10.1. The van der Waals surface area contributed by atoms with Crippen LogP contribution in [0, 0.1) is 12.8 Å². The Hall–Kier alpha value is -0.860. The summed E-state index contributed by atoms with van der Waals surface area (Å²) in [5.74, 6) is 0.574. The fourth-order valence-electron chi connectivity index (χ4n) is 2.17. The summed E-state index contributed by atoms with van der Waals surface area (Å²) in [5.41, 5.74) is 2.43. The highest BCUT2D eigenvalue weighted by Crippen LogP contribution is 2.36. The van der Waals surface area contributed by atoms with Crippen LogP contribution in [-0.4, -0.2) is 24.4 Å². The first-order valence-electron chi connectivity index (χ1n) is 5.97. The molecule has 0 spiro atoms. The SMILES string of the molecule is COC(C(O)Cc1ccc(C)cc1)C1CC1. The number of methoxy groups -OCH3 is 1. The van der Waals surface area contributed by atoms with Gasteiger partial charge in [0, 0.05) is 13.5 Å². The van der Waals surface area contributed by atoms with Crippen molar-refractivity contribution < 1.29 is 9.84 Å². The highest BCUT2D eigenvalue weighted by Gasteiger charge is 2.35. The number of hydrogen-bond donors (Lipinski definition) is 1. The molecule has 1 saturated carbocycles. The number of ether oxygens (including phenoxy) is 1. The van der Waals surface area contributed by atoms with E-state index in [4.69, 9.17) is 4.74 Å². The second-order valence-corrected chi connectivity index (χ2v) is 4.79. The summed E-state index contributed by atoms with van der Waals surface area (Å²) in [4.78, 5) is 0. The van der Waals surface area contributed by atoms with Crippen LogP contribution in [0.15, 0.2) is 24.3 Å². The average molecular weight is 220 g/mol. The highest BCUT2D eigenvalue weighted by atomic mass is 16.5. The van der Waals surface area contributed by atoms with Crippen molar-refractivity contribution in [3.8, 4) is 0 Å². The van der Waals surface area contributed by atoms with Crippen LogP contribution in [0.25, 0.3) is 0 Å². The molecule has 0 amide bonds. The van der Waals surface area contributed by atoms with Crippen LogP contribution >= 0.6 is 0 Å². The summed E-state index contributed by atoms with van der Waals surface area (Å²) in [6, 6.07) is 8.33. The minimum atomic E-state index is -0.375. The van der Waals surface area contributed by atoms with Gasteiger partial charge in [0.1, 0.15) is 0 Å². The Bertz CT molecular complexity index is 327. The minimum Gasteiger partial charge on any atom is -0.390 e. The summed E-state index contributed by atoms with van der Waals surface area (Å²) in [6.45, 7) is 2.07. The largest absolute Gasteiger partial charge is 0.390 e. The van der Waals surface area contributed by atoms with E-state index in [1.807, 2.05) is 0 Å². The monoisotopic (exact) mass is 220 g/mol. The van der Waals surface area contributed by atoms with Crippen molar-refractivity contribution in [3.05, 3.63) is 35.4 Å². The molecule has 1 aliphatic rings. The number of benzene rings is 1. The third kappa shape index (κ3) is 2.83. The average Bonchev–Trinajstić information content (AvgIpc) is 3.07. The van der Waals surface area contributed by atoms with Gasteiger partial charge >= 0.3 is 0 Å². The first-order valence-corrected chi connectivity index (χ1v) is 5.97. The van der Waals surface area contributed by atoms with Gasteiger partial charge in [-0.05, 0) is 31.2 Å². The third-order valence-corrected chi connectivity index (χ3v) is 3.30. The third-order valence-electron chi connectivity index (χ3n) is 3.30. The van der Waals surface area contributed by atoms with E-state index in [2.05, 4.69) is 31.2 Å². The number of rotatable bonds is 5. The van der Waals surface area contributed by atoms with Crippen LogP contribution in [-0.2, 0) is 11.2 Å².